The van der Waals surface area contributed by atoms with Gasteiger partial charge in [-0.05, 0) is 31.0 Å². The molecule has 2 aromatic carbocycles. The highest BCUT2D eigenvalue weighted by Gasteiger charge is 2.36. The molecule has 0 radical (unpaired) electrons. The molecule has 0 unspecified atom stereocenters. The lowest BCUT2D eigenvalue weighted by atomic mass is 10.1. The number of hydrogen-bond donors (Lipinski definition) is 0. The van der Waals surface area contributed by atoms with Crippen LogP contribution in [0.1, 0.15) is 34.8 Å². The van der Waals surface area contributed by atoms with Crippen molar-refractivity contribution in [2.24, 2.45) is 5.92 Å². The average molecular weight is 365 g/mol. The second-order valence-electron chi connectivity index (χ2n) is 6.82. The molecule has 1 heterocycles. The van der Waals surface area contributed by atoms with Crippen molar-refractivity contribution < 1.29 is 19.1 Å². The number of nitrogens with zero attached hydrogens (tertiary/aromatic N) is 1. The zero-order valence-corrected chi connectivity index (χ0v) is 15.6. The number of Topliss-reactive ketones (excluding diaryl/α,β-unsaturated/α-hetero) is 1. The number of hydrogen-bond acceptors (Lipinski definition) is 4. The third kappa shape index (κ3) is 4.42. The van der Waals surface area contributed by atoms with Gasteiger partial charge in [-0.25, -0.2) is 0 Å². The summed E-state index contributed by atoms with van der Waals surface area (Å²) < 4.78 is 5.18. The molecular formula is C22H23NO4. The van der Waals surface area contributed by atoms with Gasteiger partial charge in [0.1, 0.15) is 0 Å². The maximum atomic E-state index is 12.3. The Balaban J connectivity index is 1.55. The number of amides is 1. The number of anilines is 1. The molecule has 1 amide bonds. The number of carbonyl (C=O) groups is 3. The molecule has 1 aliphatic heterocycles. The molecule has 1 atom stereocenters. The van der Waals surface area contributed by atoms with E-state index in [1.165, 1.54) is 0 Å². The van der Waals surface area contributed by atoms with Crippen LogP contribution in [0.4, 0.5) is 5.69 Å². The maximum Gasteiger partial charge on any atom is 0.311 e. The molecule has 0 saturated carbocycles. The largest absolute Gasteiger partial charge is 0.457 e. The number of ketones is 1. The normalized spacial score (nSPS) is 16.4. The zero-order chi connectivity index (χ0) is 19.4. The van der Waals surface area contributed by atoms with E-state index in [0.29, 0.717) is 5.56 Å². The molecule has 140 valence electrons. The number of carbonyl (C=O) groups excluding carboxylic acids is 3. The number of benzene rings is 2. The van der Waals surface area contributed by atoms with Crippen LogP contribution in [0.25, 0.3) is 0 Å². The fourth-order valence-electron chi connectivity index (χ4n) is 3.10. The van der Waals surface area contributed by atoms with Gasteiger partial charge in [0.05, 0.1) is 5.92 Å². The molecule has 2 aromatic rings. The molecule has 5 heteroatoms. The molecule has 0 aromatic heterocycles. The topological polar surface area (TPSA) is 63.7 Å². The quantitative estimate of drug-likeness (QED) is 0.582. The number of aryl methyl sites for hydroxylation is 2. The van der Waals surface area contributed by atoms with Crippen LogP contribution in [0.5, 0.6) is 0 Å². The lowest BCUT2D eigenvalue weighted by Gasteiger charge is -2.16. The summed E-state index contributed by atoms with van der Waals surface area (Å²) >= 11 is 0. The molecule has 3 rings (SSSR count). The van der Waals surface area contributed by atoms with Crippen LogP contribution in [-0.2, 0) is 20.7 Å². The highest BCUT2D eigenvalue weighted by atomic mass is 16.5. The Morgan fingerprint density at radius 2 is 1.74 bits per heavy atom. The van der Waals surface area contributed by atoms with Crippen LogP contribution in [0.2, 0.25) is 0 Å². The molecular weight excluding hydrogens is 342 g/mol. The van der Waals surface area contributed by atoms with E-state index in [2.05, 4.69) is 0 Å². The fraction of sp³-hybridized carbons (Fsp3) is 0.318. The van der Waals surface area contributed by atoms with E-state index in [1.54, 1.807) is 17.0 Å². The van der Waals surface area contributed by atoms with Gasteiger partial charge in [0.2, 0.25) is 5.91 Å². The van der Waals surface area contributed by atoms with Gasteiger partial charge in [0.25, 0.3) is 0 Å². The van der Waals surface area contributed by atoms with E-state index in [9.17, 15) is 14.4 Å². The minimum atomic E-state index is -0.547. The van der Waals surface area contributed by atoms with Gasteiger partial charge in [0.15, 0.2) is 12.4 Å². The van der Waals surface area contributed by atoms with Crippen molar-refractivity contribution in [3.8, 4) is 0 Å². The van der Waals surface area contributed by atoms with Crippen LogP contribution >= 0.6 is 0 Å². The lowest BCUT2D eigenvalue weighted by molar-refractivity contribution is -0.147. The summed E-state index contributed by atoms with van der Waals surface area (Å²) in [6.07, 6.45) is 1.00. The van der Waals surface area contributed by atoms with Crippen LogP contribution in [-0.4, -0.2) is 30.8 Å². The van der Waals surface area contributed by atoms with Gasteiger partial charge in [-0.2, -0.15) is 0 Å². The van der Waals surface area contributed by atoms with E-state index in [4.69, 9.17) is 4.74 Å². The molecule has 0 N–H and O–H groups in total. The van der Waals surface area contributed by atoms with Gasteiger partial charge in [-0.15, -0.1) is 0 Å². The average Bonchev–Trinajstić information content (AvgIpc) is 3.08. The van der Waals surface area contributed by atoms with Crippen molar-refractivity contribution in [2.45, 2.75) is 26.7 Å². The fourth-order valence-corrected chi connectivity index (χ4v) is 3.10. The van der Waals surface area contributed by atoms with E-state index >= 15 is 0 Å². The van der Waals surface area contributed by atoms with Gasteiger partial charge in [0, 0.05) is 24.2 Å². The van der Waals surface area contributed by atoms with Crippen molar-refractivity contribution in [2.75, 3.05) is 18.1 Å². The molecule has 27 heavy (non-hydrogen) atoms. The molecule has 0 spiro atoms. The third-order valence-electron chi connectivity index (χ3n) is 4.83. The van der Waals surface area contributed by atoms with Crippen molar-refractivity contribution in [3.63, 3.8) is 0 Å². The Bertz CT molecular complexity index is 840. The Kier molecular flexibility index (Phi) is 5.69. The Hall–Kier alpha value is -2.95. The summed E-state index contributed by atoms with van der Waals surface area (Å²) in [7, 11) is 0. The first-order valence-electron chi connectivity index (χ1n) is 9.13. The van der Waals surface area contributed by atoms with E-state index in [-0.39, 0.29) is 31.3 Å². The monoisotopic (exact) mass is 365 g/mol. The molecule has 0 bridgehead atoms. The number of rotatable bonds is 6. The van der Waals surface area contributed by atoms with Gasteiger partial charge in [-0.3, -0.25) is 14.4 Å². The SMILES string of the molecule is CCc1ccc(C(=O)COC(=O)[C@H]2CC(=O)N(c3ccc(C)cc3)C2)cc1. The smallest absolute Gasteiger partial charge is 0.311 e. The van der Waals surface area contributed by atoms with Crippen molar-refractivity contribution >= 4 is 23.3 Å². The highest BCUT2D eigenvalue weighted by molar-refractivity contribution is 6.01. The Morgan fingerprint density at radius 1 is 1.07 bits per heavy atom. The van der Waals surface area contributed by atoms with E-state index in [1.807, 2.05) is 50.2 Å². The summed E-state index contributed by atoms with van der Waals surface area (Å²) in [5.74, 6) is -1.40. The van der Waals surface area contributed by atoms with Crippen LogP contribution in [0.3, 0.4) is 0 Å². The molecule has 1 saturated heterocycles. The molecule has 5 nitrogen and oxygen atoms in total. The zero-order valence-electron chi connectivity index (χ0n) is 15.6. The van der Waals surface area contributed by atoms with Crippen molar-refractivity contribution in [1.29, 1.82) is 0 Å². The second-order valence-corrected chi connectivity index (χ2v) is 6.82. The molecule has 0 aliphatic carbocycles. The predicted octanol–water partition coefficient (Wildman–Crippen LogP) is 3.34. The summed E-state index contributed by atoms with van der Waals surface area (Å²) in [6, 6.07) is 14.9. The highest BCUT2D eigenvalue weighted by Crippen LogP contribution is 2.26. The predicted molar refractivity (Wildman–Crippen MR) is 103 cm³/mol. The molecule has 1 aliphatic rings. The van der Waals surface area contributed by atoms with Crippen LogP contribution < -0.4 is 4.90 Å². The third-order valence-corrected chi connectivity index (χ3v) is 4.83. The Labute approximate surface area is 158 Å². The second kappa shape index (κ2) is 8.16. The maximum absolute atomic E-state index is 12.3. The summed E-state index contributed by atoms with van der Waals surface area (Å²) in [5.41, 5.74) is 3.54. The summed E-state index contributed by atoms with van der Waals surface area (Å²) in [4.78, 5) is 38.3. The minimum absolute atomic E-state index is 0.103. The lowest BCUT2D eigenvalue weighted by Crippen LogP contribution is -2.27. The van der Waals surface area contributed by atoms with Crippen LogP contribution in [0, 0.1) is 12.8 Å². The first-order valence-corrected chi connectivity index (χ1v) is 9.13. The van der Waals surface area contributed by atoms with Crippen molar-refractivity contribution in [1.82, 2.24) is 0 Å². The van der Waals surface area contributed by atoms with Gasteiger partial charge < -0.3 is 9.64 Å². The molecule has 1 fully saturated rings. The summed E-state index contributed by atoms with van der Waals surface area (Å²) in [5, 5.41) is 0. The summed E-state index contributed by atoms with van der Waals surface area (Å²) in [6.45, 7) is 3.99. The van der Waals surface area contributed by atoms with E-state index < -0.39 is 11.9 Å². The first-order chi connectivity index (χ1) is 13.0. The Morgan fingerprint density at radius 3 is 2.37 bits per heavy atom. The van der Waals surface area contributed by atoms with Gasteiger partial charge in [-0.1, -0.05) is 48.9 Å². The number of esters is 1. The minimum Gasteiger partial charge on any atom is -0.457 e. The van der Waals surface area contributed by atoms with Crippen molar-refractivity contribution in [3.05, 3.63) is 65.2 Å². The number of ether oxygens (including phenoxy) is 1. The first kappa shape index (κ1) is 18.8. The van der Waals surface area contributed by atoms with E-state index in [0.717, 1.165) is 23.2 Å². The van der Waals surface area contributed by atoms with Crippen LogP contribution in [0.15, 0.2) is 48.5 Å². The van der Waals surface area contributed by atoms with Gasteiger partial charge >= 0.3 is 5.97 Å². The standard InChI is InChI=1S/C22H23NO4/c1-3-16-6-8-17(9-7-16)20(24)14-27-22(26)18-12-21(25)23(13-18)19-10-4-15(2)5-11-19/h4-11,18H,3,12-14H2,1-2H3/t18-/m0/s1.